The van der Waals surface area contributed by atoms with Gasteiger partial charge in [-0.2, -0.15) is 0 Å². The predicted octanol–water partition coefficient (Wildman–Crippen LogP) is 1.76. The van der Waals surface area contributed by atoms with Gasteiger partial charge in [0.25, 0.3) is 5.91 Å². The highest BCUT2D eigenvalue weighted by Crippen LogP contribution is 2.41. The Balaban J connectivity index is 2.13. The average molecular weight is 415 g/mol. The number of nitrogens with one attached hydrogen (secondary N) is 2. The van der Waals surface area contributed by atoms with E-state index >= 15 is 0 Å². The van der Waals surface area contributed by atoms with Crippen LogP contribution in [0.5, 0.6) is 11.5 Å². The van der Waals surface area contributed by atoms with Gasteiger partial charge in [-0.1, -0.05) is 6.92 Å². The molecule has 28 heavy (non-hydrogen) atoms. The summed E-state index contributed by atoms with van der Waals surface area (Å²) in [7, 11) is -1.84. The number of methoxy groups -OCH3 is 1. The lowest BCUT2D eigenvalue weighted by molar-refractivity contribution is -0.123. The van der Waals surface area contributed by atoms with E-state index in [0.717, 1.165) is 0 Å². The van der Waals surface area contributed by atoms with Crippen LogP contribution in [0, 0.1) is 0 Å². The molecule has 9 heteroatoms. The molecule has 0 radical (unpaired) electrons. The first-order chi connectivity index (χ1) is 13.2. The quantitative estimate of drug-likeness (QED) is 0.566. The Morgan fingerprint density at radius 2 is 2.11 bits per heavy atom. The van der Waals surface area contributed by atoms with E-state index in [1.54, 1.807) is 25.3 Å². The van der Waals surface area contributed by atoms with E-state index in [0.29, 0.717) is 43.1 Å². The summed E-state index contributed by atoms with van der Waals surface area (Å²) in [5.41, 5.74) is 0.201. The SMILES string of the molecule is CCCS(=O)(=O)NC1CC(C)(C)Oc2ccc(OCC(=O)NCCOC)cc21. The van der Waals surface area contributed by atoms with E-state index in [-0.39, 0.29) is 18.3 Å². The molecule has 8 nitrogen and oxygen atoms in total. The van der Waals surface area contributed by atoms with Gasteiger partial charge in [0.15, 0.2) is 6.61 Å². The summed E-state index contributed by atoms with van der Waals surface area (Å²) in [5, 5.41) is 2.68. The minimum Gasteiger partial charge on any atom is -0.487 e. The summed E-state index contributed by atoms with van der Waals surface area (Å²) >= 11 is 0. The first-order valence-electron chi connectivity index (χ1n) is 9.37. The zero-order valence-corrected chi connectivity index (χ0v) is 17.7. The number of carbonyl (C=O) groups is 1. The Morgan fingerprint density at radius 3 is 2.79 bits per heavy atom. The fraction of sp³-hybridized carbons (Fsp3) is 0.632. The summed E-state index contributed by atoms with van der Waals surface area (Å²) < 4.78 is 43.8. The number of amides is 1. The maximum atomic E-state index is 12.3. The van der Waals surface area contributed by atoms with E-state index in [1.165, 1.54) is 0 Å². The number of ether oxygens (including phenoxy) is 3. The fourth-order valence-corrected chi connectivity index (χ4v) is 4.36. The normalized spacial score (nSPS) is 18.1. The van der Waals surface area contributed by atoms with Crippen LogP contribution in [-0.4, -0.2) is 52.5 Å². The number of hydrogen-bond acceptors (Lipinski definition) is 6. The minimum atomic E-state index is -3.40. The van der Waals surface area contributed by atoms with E-state index < -0.39 is 21.7 Å². The van der Waals surface area contributed by atoms with Gasteiger partial charge in [-0.05, 0) is 38.5 Å². The third-order valence-corrected chi connectivity index (χ3v) is 5.82. The van der Waals surface area contributed by atoms with Crippen molar-refractivity contribution < 1.29 is 27.4 Å². The van der Waals surface area contributed by atoms with Crippen LogP contribution in [0.25, 0.3) is 0 Å². The summed E-state index contributed by atoms with van der Waals surface area (Å²) in [4.78, 5) is 11.8. The van der Waals surface area contributed by atoms with E-state index in [4.69, 9.17) is 14.2 Å². The Bertz CT molecular complexity index is 779. The minimum absolute atomic E-state index is 0.0674. The molecule has 158 valence electrons. The van der Waals surface area contributed by atoms with Crippen molar-refractivity contribution in [3.8, 4) is 11.5 Å². The smallest absolute Gasteiger partial charge is 0.258 e. The maximum Gasteiger partial charge on any atom is 0.258 e. The third kappa shape index (κ3) is 6.65. The number of fused-ring (bicyclic) bond motifs is 1. The second-order valence-electron chi connectivity index (χ2n) is 7.39. The molecule has 1 heterocycles. The average Bonchev–Trinajstić information content (AvgIpc) is 2.59. The molecule has 2 N–H and O–H groups in total. The molecule has 2 rings (SSSR count). The van der Waals surface area contributed by atoms with Gasteiger partial charge in [-0.15, -0.1) is 0 Å². The lowest BCUT2D eigenvalue weighted by atomic mass is 9.90. The number of benzene rings is 1. The molecule has 1 aromatic rings. The molecular formula is C19H30N2O6S. The summed E-state index contributed by atoms with van der Waals surface area (Å²) in [6.07, 6.45) is 1.03. The van der Waals surface area contributed by atoms with Crippen LogP contribution in [0.3, 0.4) is 0 Å². The topological polar surface area (TPSA) is 103 Å². The van der Waals surface area contributed by atoms with Gasteiger partial charge in [0.05, 0.1) is 18.4 Å². The number of rotatable bonds is 10. The summed E-state index contributed by atoms with van der Waals surface area (Å²) in [6.45, 7) is 6.37. The molecule has 0 aromatic heterocycles. The lowest BCUT2D eigenvalue weighted by Gasteiger charge is -2.37. The maximum absolute atomic E-state index is 12.3. The van der Waals surface area contributed by atoms with Gasteiger partial charge < -0.3 is 19.5 Å². The number of sulfonamides is 1. The molecular weight excluding hydrogens is 384 g/mol. The van der Waals surface area contributed by atoms with Gasteiger partial charge in [0, 0.05) is 25.6 Å². The first kappa shape index (κ1) is 22.4. The Morgan fingerprint density at radius 1 is 1.36 bits per heavy atom. The van der Waals surface area contributed by atoms with Crippen LogP contribution in [0.15, 0.2) is 18.2 Å². The standard InChI is InChI=1S/C19H30N2O6S/c1-5-10-28(23,24)21-16-12-19(2,3)27-17-7-6-14(11-15(16)17)26-13-18(22)20-8-9-25-4/h6-7,11,16,21H,5,8-10,12-13H2,1-4H3,(H,20,22). The van der Waals surface area contributed by atoms with Gasteiger partial charge in [0.1, 0.15) is 17.1 Å². The van der Waals surface area contributed by atoms with Crippen molar-refractivity contribution >= 4 is 15.9 Å². The molecule has 0 saturated heterocycles. The lowest BCUT2D eigenvalue weighted by Crippen LogP contribution is -2.41. The van der Waals surface area contributed by atoms with Crippen LogP contribution in [0.4, 0.5) is 0 Å². The summed E-state index contributed by atoms with van der Waals surface area (Å²) in [5.74, 6) is 0.895. The van der Waals surface area contributed by atoms with Gasteiger partial charge in [-0.3, -0.25) is 4.79 Å². The predicted molar refractivity (Wildman–Crippen MR) is 106 cm³/mol. The highest BCUT2D eigenvalue weighted by atomic mass is 32.2. The number of hydrogen-bond donors (Lipinski definition) is 2. The van der Waals surface area contributed by atoms with Gasteiger partial charge >= 0.3 is 0 Å². The molecule has 0 aliphatic carbocycles. The largest absolute Gasteiger partial charge is 0.487 e. The van der Waals surface area contributed by atoms with Crippen LogP contribution >= 0.6 is 0 Å². The molecule has 1 unspecified atom stereocenters. The van der Waals surface area contributed by atoms with Crippen LogP contribution < -0.4 is 19.5 Å². The van der Waals surface area contributed by atoms with Crippen LogP contribution in [0.1, 0.15) is 45.2 Å². The second-order valence-corrected chi connectivity index (χ2v) is 9.26. The van der Waals surface area contributed by atoms with Crippen LogP contribution in [0.2, 0.25) is 0 Å². The fourth-order valence-electron chi connectivity index (χ4n) is 3.06. The molecule has 1 aliphatic heterocycles. The van der Waals surface area contributed by atoms with Crippen molar-refractivity contribution in [1.29, 1.82) is 0 Å². The van der Waals surface area contributed by atoms with E-state index in [1.807, 2.05) is 20.8 Å². The van der Waals surface area contributed by atoms with Crippen molar-refractivity contribution in [2.24, 2.45) is 0 Å². The van der Waals surface area contributed by atoms with Gasteiger partial charge in [0.2, 0.25) is 10.0 Å². The third-order valence-electron chi connectivity index (χ3n) is 4.23. The number of carbonyl (C=O) groups excluding carboxylic acids is 1. The first-order valence-corrected chi connectivity index (χ1v) is 11.0. The van der Waals surface area contributed by atoms with E-state index in [2.05, 4.69) is 10.0 Å². The Hall–Kier alpha value is -1.84. The van der Waals surface area contributed by atoms with Crippen molar-refractivity contribution in [3.63, 3.8) is 0 Å². The Kier molecular flexibility index (Phi) is 7.68. The molecule has 1 atom stereocenters. The highest BCUT2D eigenvalue weighted by Gasteiger charge is 2.36. The van der Waals surface area contributed by atoms with Crippen molar-refractivity contribution in [2.75, 3.05) is 32.6 Å². The van der Waals surface area contributed by atoms with Crippen molar-refractivity contribution in [2.45, 2.75) is 45.3 Å². The molecule has 0 fully saturated rings. The summed E-state index contributed by atoms with van der Waals surface area (Å²) in [6, 6.07) is 4.76. The van der Waals surface area contributed by atoms with E-state index in [9.17, 15) is 13.2 Å². The molecule has 1 aromatic carbocycles. The highest BCUT2D eigenvalue weighted by molar-refractivity contribution is 7.89. The van der Waals surface area contributed by atoms with Crippen LogP contribution in [-0.2, 0) is 19.6 Å². The molecule has 1 aliphatic rings. The van der Waals surface area contributed by atoms with Crippen molar-refractivity contribution in [1.82, 2.24) is 10.0 Å². The van der Waals surface area contributed by atoms with Gasteiger partial charge in [-0.25, -0.2) is 13.1 Å². The monoisotopic (exact) mass is 414 g/mol. The zero-order valence-electron chi connectivity index (χ0n) is 16.9. The molecule has 0 spiro atoms. The Labute approximate surface area is 167 Å². The second kappa shape index (κ2) is 9.58. The van der Waals surface area contributed by atoms with Crippen molar-refractivity contribution in [3.05, 3.63) is 23.8 Å². The molecule has 1 amide bonds. The molecule has 0 bridgehead atoms. The molecule has 0 saturated carbocycles. The zero-order chi connectivity index (χ0) is 20.8.